The van der Waals surface area contributed by atoms with Gasteiger partial charge in [0, 0.05) is 26.2 Å². The second kappa shape index (κ2) is 7.66. The molecule has 7 heteroatoms. The summed E-state index contributed by atoms with van der Waals surface area (Å²) in [4.78, 5) is 2.24. The molecular weight excluding hydrogens is 345 g/mol. The number of nitrogens with zero attached hydrogens (tertiary/aromatic N) is 1. The Morgan fingerprint density at radius 3 is 2.43 bits per heavy atom. The van der Waals surface area contributed by atoms with E-state index in [-0.39, 0.29) is 18.4 Å². The van der Waals surface area contributed by atoms with E-state index in [9.17, 15) is 13.2 Å². The largest absolute Gasteiger partial charge is 0.416 e. The van der Waals surface area contributed by atoms with Crippen LogP contribution in [-0.4, -0.2) is 31.1 Å². The molecule has 23 heavy (non-hydrogen) atoms. The minimum Gasteiger partial charge on any atom is -0.314 e. The molecule has 1 aromatic carbocycles. The zero-order valence-corrected chi connectivity index (χ0v) is 14.0. The maximum absolute atomic E-state index is 13.0. The minimum atomic E-state index is -4.31. The Labute approximate surface area is 143 Å². The van der Waals surface area contributed by atoms with Gasteiger partial charge in [0.15, 0.2) is 0 Å². The quantitative estimate of drug-likeness (QED) is 0.881. The maximum Gasteiger partial charge on any atom is 0.416 e. The third-order valence-corrected chi connectivity index (χ3v) is 4.61. The van der Waals surface area contributed by atoms with Gasteiger partial charge < -0.3 is 5.32 Å². The molecule has 126 valence electrons. The lowest BCUT2D eigenvalue weighted by atomic mass is 9.97. The normalized spacial score (nSPS) is 17.5. The van der Waals surface area contributed by atoms with Gasteiger partial charge in [0.1, 0.15) is 0 Å². The number of alkyl halides is 3. The van der Waals surface area contributed by atoms with Gasteiger partial charge in [0.25, 0.3) is 0 Å². The number of benzene rings is 1. The highest BCUT2D eigenvalue weighted by Gasteiger charge is 2.32. The van der Waals surface area contributed by atoms with Crippen molar-refractivity contribution in [3.63, 3.8) is 0 Å². The van der Waals surface area contributed by atoms with Crippen molar-refractivity contribution in [2.75, 3.05) is 26.2 Å². The van der Waals surface area contributed by atoms with Crippen molar-refractivity contribution in [1.29, 1.82) is 0 Å². The lowest BCUT2D eigenvalue weighted by molar-refractivity contribution is -0.137. The summed E-state index contributed by atoms with van der Waals surface area (Å²) in [5.74, 6) is 0. The molecule has 1 atom stereocenters. The molecule has 0 radical (unpaired) electrons. The molecule has 0 saturated carbocycles. The van der Waals surface area contributed by atoms with Crippen LogP contribution in [0.3, 0.4) is 0 Å². The molecule has 0 spiro atoms. The topological polar surface area (TPSA) is 15.3 Å². The van der Waals surface area contributed by atoms with Crippen LogP contribution in [0.1, 0.15) is 22.7 Å². The highest BCUT2D eigenvalue weighted by molar-refractivity contribution is 7.08. The van der Waals surface area contributed by atoms with Crippen molar-refractivity contribution in [1.82, 2.24) is 10.2 Å². The Morgan fingerprint density at radius 2 is 1.83 bits per heavy atom. The molecule has 0 aliphatic carbocycles. The van der Waals surface area contributed by atoms with Crippen LogP contribution in [0.15, 0.2) is 41.1 Å². The van der Waals surface area contributed by atoms with Crippen molar-refractivity contribution in [2.24, 2.45) is 0 Å². The number of thiophene rings is 1. The number of hydrogen-bond acceptors (Lipinski definition) is 3. The van der Waals surface area contributed by atoms with Crippen LogP contribution in [0, 0.1) is 0 Å². The molecule has 2 heterocycles. The Bertz CT molecular complexity index is 610. The zero-order chi connectivity index (χ0) is 15.6. The number of hydrogen-bond donors (Lipinski definition) is 1. The molecule has 1 aromatic heterocycles. The minimum absolute atomic E-state index is 0. The van der Waals surface area contributed by atoms with E-state index in [1.165, 1.54) is 12.1 Å². The molecule has 1 aliphatic heterocycles. The van der Waals surface area contributed by atoms with Crippen molar-refractivity contribution in [3.8, 4) is 0 Å². The highest BCUT2D eigenvalue weighted by atomic mass is 35.5. The molecule has 0 bridgehead atoms. The third-order valence-electron chi connectivity index (χ3n) is 3.91. The van der Waals surface area contributed by atoms with Crippen molar-refractivity contribution in [3.05, 3.63) is 57.8 Å². The lowest BCUT2D eigenvalue weighted by Crippen LogP contribution is -2.45. The number of piperazine rings is 1. The third kappa shape index (κ3) is 4.26. The summed E-state index contributed by atoms with van der Waals surface area (Å²) in [6, 6.07) is 7.59. The van der Waals surface area contributed by atoms with Crippen LogP contribution in [0.4, 0.5) is 13.2 Å². The average molecular weight is 363 g/mol. The van der Waals surface area contributed by atoms with E-state index in [4.69, 9.17) is 0 Å². The fourth-order valence-electron chi connectivity index (χ4n) is 2.87. The van der Waals surface area contributed by atoms with Crippen molar-refractivity contribution >= 4 is 23.7 Å². The molecule has 0 unspecified atom stereocenters. The molecule has 1 aliphatic rings. The lowest BCUT2D eigenvalue weighted by Gasteiger charge is -2.35. The molecule has 1 saturated heterocycles. The fraction of sp³-hybridized carbons (Fsp3) is 0.375. The predicted octanol–water partition coefficient (Wildman–Crippen LogP) is 4.18. The molecule has 2 nitrogen and oxygen atoms in total. The second-order valence-corrected chi connectivity index (χ2v) is 6.15. The zero-order valence-electron chi connectivity index (χ0n) is 12.3. The number of rotatable bonds is 3. The maximum atomic E-state index is 13.0. The van der Waals surface area contributed by atoms with Gasteiger partial charge >= 0.3 is 6.18 Å². The Hall–Kier alpha value is -1.08. The number of halogens is 4. The summed E-state index contributed by atoms with van der Waals surface area (Å²) in [5.41, 5.74) is 1.18. The molecule has 1 N–H and O–H groups in total. The summed E-state index contributed by atoms with van der Waals surface area (Å²) in [6.07, 6.45) is -4.31. The van der Waals surface area contributed by atoms with Crippen LogP contribution in [0.2, 0.25) is 0 Å². The first-order valence-electron chi connectivity index (χ1n) is 7.20. The molecule has 2 aromatic rings. The van der Waals surface area contributed by atoms with Gasteiger partial charge in [0.05, 0.1) is 11.6 Å². The van der Waals surface area contributed by atoms with Gasteiger partial charge in [-0.05, 0) is 40.1 Å². The van der Waals surface area contributed by atoms with E-state index >= 15 is 0 Å². The SMILES string of the molecule is Cl.FC(F)(F)c1cccc([C@H](c2ccsc2)N2CCNCC2)c1. The Balaban J connectivity index is 0.00000192. The summed E-state index contributed by atoms with van der Waals surface area (Å²) >= 11 is 1.57. The molecule has 3 rings (SSSR count). The monoisotopic (exact) mass is 362 g/mol. The van der Waals surface area contributed by atoms with Crippen LogP contribution >= 0.6 is 23.7 Å². The van der Waals surface area contributed by atoms with Gasteiger partial charge in [0.2, 0.25) is 0 Å². The van der Waals surface area contributed by atoms with E-state index in [2.05, 4.69) is 10.2 Å². The van der Waals surface area contributed by atoms with Crippen molar-refractivity contribution in [2.45, 2.75) is 12.2 Å². The highest BCUT2D eigenvalue weighted by Crippen LogP contribution is 2.35. The van der Waals surface area contributed by atoms with Crippen LogP contribution in [-0.2, 0) is 6.18 Å². The molecule has 0 amide bonds. The Kier molecular flexibility index (Phi) is 6.08. The first kappa shape index (κ1) is 18.3. The van der Waals surface area contributed by atoms with E-state index in [0.717, 1.165) is 37.8 Å². The van der Waals surface area contributed by atoms with Gasteiger partial charge in [-0.25, -0.2) is 0 Å². The predicted molar refractivity (Wildman–Crippen MR) is 89.3 cm³/mol. The smallest absolute Gasteiger partial charge is 0.314 e. The number of nitrogens with one attached hydrogen (secondary N) is 1. The van der Waals surface area contributed by atoms with E-state index in [1.54, 1.807) is 17.4 Å². The molecular formula is C16H18ClF3N2S. The first-order chi connectivity index (χ1) is 10.6. The van der Waals surface area contributed by atoms with Gasteiger partial charge in [-0.3, -0.25) is 4.90 Å². The standard InChI is InChI=1S/C16H17F3N2S.ClH/c17-16(18,19)14-3-1-2-12(10-14)15(13-4-9-22-11-13)21-7-5-20-6-8-21;/h1-4,9-11,15,20H,5-8H2;1H/t15-;/m1./s1. The Morgan fingerprint density at radius 1 is 1.09 bits per heavy atom. The van der Waals surface area contributed by atoms with Gasteiger partial charge in [-0.1, -0.05) is 12.1 Å². The summed E-state index contributed by atoms with van der Waals surface area (Å²) in [5, 5.41) is 7.27. The van der Waals surface area contributed by atoms with E-state index in [1.807, 2.05) is 16.8 Å². The summed E-state index contributed by atoms with van der Waals surface area (Å²) in [6.45, 7) is 3.38. The van der Waals surface area contributed by atoms with Crippen LogP contribution in [0.25, 0.3) is 0 Å². The van der Waals surface area contributed by atoms with Crippen LogP contribution in [0.5, 0.6) is 0 Å². The van der Waals surface area contributed by atoms with Crippen LogP contribution < -0.4 is 5.32 Å². The van der Waals surface area contributed by atoms with Gasteiger partial charge in [-0.15, -0.1) is 12.4 Å². The summed E-state index contributed by atoms with van der Waals surface area (Å²) in [7, 11) is 0. The fourth-order valence-corrected chi connectivity index (χ4v) is 3.55. The average Bonchev–Trinajstić information content (AvgIpc) is 3.02. The molecule has 1 fully saturated rings. The van der Waals surface area contributed by atoms with Gasteiger partial charge in [-0.2, -0.15) is 24.5 Å². The van der Waals surface area contributed by atoms with Crippen molar-refractivity contribution < 1.29 is 13.2 Å². The second-order valence-electron chi connectivity index (χ2n) is 5.37. The van der Waals surface area contributed by atoms with E-state index < -0.39 is 11.7 Å². The van der Waals surface area contributed by atoms with E-state index in [0.29, 0.717) is 5.56 Å². The summed E-state index contributed by atoms with van der Waals surface area (Å²) < 4.78 is 39.0. The first-order valence-corrected chi connectivity index (χ1v) is 8.14.